The predicted molar refractivity (Wildman–Crippen MR) is 152 cm³/mol. The zero-order valence-electron chi connectivity index (χ0n) is 20.9. The van der Waals surface area contributed by atoms with E-state index in [0.717, 1.165) is 46.5 Å². The summed E-state index contributed by atoms with van der Waals surface area (Å²) in [5.41, 5.74) is 1.01. The van der Waals surface area contributed by atoms with E-state index in [1.165, 1.54) is 17.5 Å². The van der Waals surface area contributed by atoms with Crippen molar-refractivity contribution in [2.45, 2.75) is 57.2 Å². The lowest BCUT2D eigenvalue weighted by Crippen LogP contribution is -2.55. The fourth-order valence-corrected chi connectivity index (χ4v) is 6.96. The number of hydrogen-bond acceptors (Lipinski definition) is 10. The zero-order chi connectivity index (χ0) is 26.8. The van der Waals surface area contributed by atoms with Crippen LogP contribution >= 0.6 is 46.5 Å². The van der Waals surface area contributed by atoms with Gasteiger partial charge in [0.2, 0.25) is 0 Å². The fraction of sp³-hybridized carbons (Fsp3) is 0.458. The Morgan fingerprint density at radius 3 is 2.74 bits per heavy atom. The first-order valence-corrected chi connectivity index (χ1v) is 14.7. The molecule has 1 aliphatic heterocycles. The highest BCUT2D eigenvalue weighted by Gasteiger charge is 2.36. The summed E-state index contributed by atoms with van der Waals surface area (Å²) in [6.45, 7) is 3.67. The van der Waals surface area contributed by atoms with E-state index in [1.54, 1.807) is 23.5 Å². The van der Waals surface area contributed by atoms with Crippen molar-refractivity contribution in [1.29, 1.82) is 0 Å². The van der Waals surface area contributed by atoms with Crippen molar-refractivity contribution in [2.24, 2.45) is 0 Å². The Bertz CT molecular complexity index is 1340. The molecule has 14 heteroatoms. The van der Waals surface area contributed by atoms with E-state index >= 15 is 0 Å². The second-order valence-electron chi connectivity index (χ2n) is 9.52. The number of nitrogens with one attached hydrogen (secondary N) is 3. The van der Waals surface area contributed by atoms with Gasteiger partial charge in [-0.25, -0.2) is 9.97 Å². The molecule has 3 atom stereocenters. The molecule has 1 aliphatic carbocycles. The quantitative estimate of drug-likeness (QED) is 0.384. The average molecular weight is 591 g/mol. The van der Waals surface area contributed by atoms with Crippen LogP contribution in [-0.2, 0) is 17.8 Å². The number of nitrogens with zero attached hydrogens (tertiary/aromatic N) is 5. The molecule has 3 aromatic heterocycles. The molecule has 2 aliphatic rings. The SMILES string of the molecule is Cc1nnc([C@H]2CC[C@H](NC(=S)C(=O)Nc3ccc(Cl)cn3)[C@H](NC(=O)c3nc4c(s3)CN(C)CC4)C2)s1. The highest BCUT2D eigenvalue weighted by molar-refractivity contribution is 7.82. The highest BCUT2D eigenvalue weighted by Crippen LogP contribution is 2.35. The van der Waals surface area contributed by atoms with Crippen LogP contribution in [0.4, 0.5) is 5.82 Å². The van der Waals surface area contributed by atoms with Gasteiger partial charge in [-0.3, -0.25) is 9.59 Å². The van der Waals surface area contributed by atoms with E-state index in [4.69, 9.17) is 23.8 Å². The predicted octanol–water partition coefficient (Wildman–Crippen LogP) is 3.33. The van der Waals surface area contributed by atoms with Gasteiger partial charge in [-0.15, -0.1) is 32.9 Å². The third-order valence-electron chi connectivity index (χ3n) is 6.67. The first-order chi connectivity index (χ1) is 18.2. The summed E-state index contributed by atoms with van der Waals surface area (Å²) in [6.07, 6.45) is 4.46. The van der Waals surface area contributed by atoms with Crippen LogP contribution < -0.4 is 16.0 Å². The number of fused-ring (bicyclic) bond motifs is 1. The molecular weight excluding hydrogens is 564 g/mol. The van der Waals surface area contributed by atoms with Gasteiger partial charge in [-0.1, -0.05) is 23.8 Å². The van der Waals surface area contributed by atoms with Crippen LogP contribution in [0.15, 0.2) is 18.3 Å². The lowest BCUT2D eigenvalue weighted by Gasteiger charge is -2.36. The van der Waals surface area contributed by atoms with Crippen LogP contribution in [0, 0.1) is 6.92 Å². The Kier molecular flexibility index (Phi) is 8.29. The van der Waals surface area contributed by atoms with Crippen molar-refractivity contribution >= 4 is 69.1 Å². The van der Waals surface area contributed by atoms with Gasteiger partial charge in [0.25, 0.3) is 11.8 Å². The summed E-state index contributed by atoms with van der Waals surface area (Å²) in [7, 11) is 2.07. The van der Waals surface area contributed by atoms with Crippen LogP contribution in [0.2, 0.25) is 5.02 Å². The summed E-state index contributed by atoms with van der Waals surface area (Å²) in [4.78, 5) is 38.2. The molecule has 0 aromatic carbocycles. The first kappa shape index (κ1) is 27.0. The second kappa shape index (κ2) is 11.7. The maximum atomic E-state index is 13.3. The Morgan fingerprint density at radius 2 is 2.00 bits per heavy atom. The normalized spacial score (nSPS) is 21.4. The van der Waals surface area contributed by atoms with E-state index < -0.39 is 5.91 Å². The largest absolute Gasteiger partial charge is 0.367 e. The van der Waals surface area contributed by atoms with Gasteiger partial charge in [0, 0.05) is 42.5 Å². The number of carbonyl (C=O) groups excluding carboxylic acids is 2. The van der Waals surface area contributed by atoms with E-state index in [9.17, 15) is 9.59 Å². The number of amides is 2. The standard InChI is InChI=1S/C24H27ClN8O2S3/c1-12-31-32-23(37-12)13-3-5-15(28-22(36)20(34)30-19-6-4-14(25)10-26-19)17(9-13)27-21(35)24-29-16-7-8-33(2)11-18(16)38-24/h4,6,10,13,15,17H,3,5,7-9,11H2,1-2H3,(H,27,35)(H,28,36)(H,26,30,34)/t13-,15-,17+/m0/s1. The van der Waals surface area contributed by atoms with Crippen LogP contribution in [-0.4, -0.2) is 67.5 Å². The molecule has 38 heavy (non-hydrogen) atoms. The van der Waals surface area contributed by atoms with Crippen LogP contribution in [0.25, 0.3) is 0 Å². The van der Waals surface area contributed by atoms with Crippen molar-refractivity contribution < 1.29 is 9.59 Å². The van der Waals surface area contributed by atoms with Crippen LogP contribution in [0.3, 0.4) is 0 Å². The molecule has 1 fully saturated rings. The van der Waals surface area contributed by atoms with Crippen molar-refractivity contribution in [3.8, 4) is 0 Å². The van der Waals surface area contributed by atoms with Gasteiger partial charge in [0.05, 0.1) is 16.8 Å². The molecule has 200 valence electrons. The van der Waals surface area contributed by atoms with Crippen molar-refractivity contribution in [3.63, 3.8) is 0 Å². The van der Waals surface area contributed by atoms with Gasteiger partial charge in [0.15, 0.2) is 10.00 Å². The smallest absolute Gasteiger partial charge is 0.284 e. The van der Waals surface area contributed by atoms with Gasteiger partial charge >= 0.3 is 0 Å². The Hall–Kier alpha value is -2.58. The number of thiocarbonyl (C=S) groups is 1. The van der Waals surface area contributed by atoms with Gasteiger partial charge in [-0.2, -0.15) is 0 Å². The van der Waals surface area contributed by atoms with Gasteiger partial charge in [0.1, 0.15) is 15.8 Å². The van der Waals surface area contributed by atoms with E-state index in [2.05, 4.69) is 48.1 Å². The minimum atomic E-state index is -0.474. The maximum Gasteiger partial charge on any atom is 0.284 e. The lowest BCUT2D eigenvalue weighted by molar-refractivity contribution is -0.110. The minimum Gasteiger partial charge on any atom is -0.367 e. The molecule has 0 unspecified atom stereocenters. The van der Waals surface area contributed by atoms with E-state index in [0.29, 0.717) is 28.7 Å². The number of thiazole rings is 1. The topological polar surface area (TPSA) is 125 Å². The van der Waals surface area contributed by atoms with Crippen molar-refractivity contribution in [1.82, 2.24) is 35.7 Å². The minimum absolute atomic E-state index is 0.0314. The molecule has 5 rings (SSSR count). The number of aromatic nitrogens is 4. The molecule has 0 saturated heterocycles. The third-order valence-corrected chi connectivity index (χ3v) is 9.27. The lowest BCUT2D eigenvalue weighted by atomic mass is 9.82. The number of halogens is 1. The number of pyridine rings is 1. The van der Waals surface area contributed by atoms with Crippen molar-refractivity contribution in [2.75, 3.05) is 18.9 Å². The molecule has 0 radical (unpaired) electrons. The maximum absolute atomic E-state index is 13.3. The van der Waals surface area contributed by atoms with Crippen molar-refractivity contribution in [3.05, 3.63) is 48.9 Å². The fourth-order valence-electron chi connectivity index (χ4n) is 4.71. The average Bonchev–Trinajstić information content (AvgIpc) is 3.52. The molecule has 4 heterocycles. The second-order valence-corrected chi connectivity index (χ2v) is 12.7. The van der Waals surface area contributed by atoms with E-state index in [1.807, 2.05) is 6.92 Å². The summed E-state index contributed by atoms with van der Waals surface area (Å²) in [5, 5.41) is 20.4. The number of carbonyl (C=O) groups is 2. The number of likely N-dealkylation sites (N-methyl/N-ethyl adjacent to an activating group) is 1. The van der Waals surface area contributed by atoms with Crippen LogP contribution in [0.5, 0.6) is 0 Å². The third kappa shape index (κ3) is 6.34. The number of hydrogen-bond donors (Lipinski definition) is 3. The highest BCUT2D eigenvalue weighted by atomic mass is 35.5. The number of aryl methyl sites for hydroxylation is 1. The molecular formula is C24H27ClN8O2S3. The van der Waals surface area contributed by atoms with Gasteiger partial charge < -0.3 is 20.9 Å². The summed E-state index contributed by atoms with van der Waals surface area (Å²) >= 11 is 14.3. The van der Waals surface area contributed by atoms with Gasteiger partial charge in [-0.05, 0) is 45.4 Å². The Labute approximate surface area is 238 Å². The Balaban J connectivity index is 1.29. The molecule has 10 nitrogen and oxygen atoms in total. The summed E-state index contributed by atoms with van der Waals surface area (Å²) in [6, 6.07) is 2.72. The Morgan fingerprint density at radius 1 is 1.16 bits per heavy atom. The number of anilines is 1. The van der Waals surface area contributed by atoms with Crippen LogP contribution in [0.1, 0.15) is 55.6 Å². The molecule has 0 spiro atoms. The molecule has 3 N–H and O–H groups in total. The zero-order valence-corrected chi connectivity index (χ0v) is 24.1. The summed E-state index contributed by atoms with van der Waals surface area (Å²) in [5.74, 6) is -0.178. The molecule has 2 amide bonds. The molecule has 0 bridgehead atoms. The summed E-state index contributed by atoms with van der Waals surface area (Å²) < 4.78 is 0. The first-order valence-electron chi connectivity index (χ1n) is 12.3. The van der Waals surface area contributed by atoms with E-state index in [-0.39, 0.29) is 28.9 Å². The molecule has 1 saturated carbocycles. The monoisotopic (exact) mass is 590 g/mol. The molecule has 3 aromatic rings. The number of rotatable bonds is 5.